The molecule has 0 atom stereocenters. The summed E-state index contributed by atoms with van der Waals surface area (Å²) in [6, 6.07) is 12.8. The van der Waals surface area contributed by atoms with E-state index in [1.807, 2.05) is 24.3 Å². The molecule has 0 saturated heterocycles. The maximum Gasteiger partial charge on any atom is 0.251 e. The number of benzene rings is 1. The zero-order valence-electron chi connectivity index (χ0n) is 13.1. The van der Waals surface area contributed by atoms with E-state index in [1.165, 1.54) is 0 Å². The molecule has 0 saturated carbocycles. The SMILES string of the molecule is O=C(NCCO)c1cccc(Nc2nccc(-c3ccc(Br)s3)n2)c1. The monoisotopic (exact) mass is 418 g/mol. The normalized spacial score (nSPS) is 10.5. The van der Waals surface area contributed by atoms with Crippen molar-refractivity contribution in [2.75, 3.05) is 18.5 Å². The Morgan fingerprint density at radius 2 is 2.12 bits per heavy atom. The molecule has 2 aromatic heterocycles. The molecule has 1 aromatic carbocycles. The van der Waals surface area contributed by atoms with Crippen LogP contribution in [0.4, 0.5) is 11.6 Å². The number of rotatable bonds is 6. The molecule has 0 spiro atoms. The van der Waals surface area contributed by atoms with E-state index in [1.54, 1.807) is 35.7 Å². The van der Waals surface area contributed by atoms with Gasteiger partial charge in [-0.05, 0) is 52.3 Å². The zero-order valence-corrected chi connectivity index (χ0v) is 15.5. The minimum atomic E-state index is -0.240. The molecule has 0 aliphatic heterocycles. The van der Waals surface area contributed by atoms with Crippen LogP contribution in [-0.4, -0.2) is 34.1 Å². The summed E-state index contributed by atoms with van der Waals surface area (Å²) in [6.07, 6.45) is 1.69. The van der Waals surface area contributed by atoms with Gasteiger partial charge in [-0.15, -0.1) is 11.3 Å². The average Bonchev–Trinajstić information content (AvgIpc) is 3.06. The second kappa shape index (κ2) is 8.19. The van der Waals surface area contributed by atoms with Crippen LogP contribution in [0.2, 0.25) is 0 Å². The number of aliphatic hydroxyl groups excluding tert-OH is 1. The molecule has 8 heteroatoms. The van der Waals surface area contributed by atoms with Crippen molar-refractivity contribution in [2.45, 2.75) is 0 Å². The number of aromatic nitrogens is 2. The third-order valence-electron chi connectivity index (χ3n) is 3.26. The lowest BCUT2D eigenvalue weighted by Gasteiger charge is -2.08. The standard InChI is InChI=1S/C17H15BrN4O2S/c18-15-5-4-14(25-15)13-6-7-20-17(22-13)21-12-3-1-2-11(10-12)16(24)19-8-9-23/h1-7,10,23H,8-9H2,(H,19,24)(H,20,21,22). The van der Waals surface area contributed by atoms with Crippen LogP contribution in [0.3, 0.4) is 0 Å². The Morgan fingerprint density at radius 1 is 1.24 bits per heavy atom. The third kappa shape index (κ3) is 4.62. The highest BCUT2D eigenvalue weighted by atomic mass is 79.9. The number of carbonyl (C=O) groups excluding carboxylic acids is 1. The van der Waals surface area contributed by atoms with Gasteiger partial charge in [0, 0.05) is 24.0 Å². The van der Waals surface area contributed by atoms with Gasteiger partial charge in [-0.1, -0.05) is 6.07 Å². The third-order valence-corrected chi connectivity index (χ3v) is 4.91. The fourth-order valence-corrected chi connectivity index (χ4v) is 3.50. The van der Waals surface area contributed by atoms with Gasteiger partial charge < -0.3 is 15.7 Å². The average molecular weight is 419 g/mol. The van der Waals surface area contributed by atoms with E-state index in [0.29, 0.717) is 17.2 Å². The number of nitrogens with zero attached hydrogens (tertiary/aromatic N) is 2. The van der Waals surface area contributed by atoms with Gasteiger partial charge in [0.1, 0.15) is 0 Å². The molecule has 0 unspecified atom stereocenters. The summed E-state index contributed by atoms with van der Waals surface area (Å²) in [4.78, 5) is 21.7. The van der Waals surface area contributed by atoms with E-state index < -0.39 is 0 Å². The lowest BCUT2D eigenvalue weighted by atomic mass is 10.2. The number of amides is 1. The van der Waals surface area contributed by atoms with Gasteiger partial charge in [-0.25, -0.2) is 9.97 Å². The molecule has 2 heterocycles. The first-order valence-electron chi connectivity index (χ1n) is 7.50. The maximum atomic E-state index is 12.0. The summed E-state index contributed by atoms with van der Waals surface area (Å²) in [7, 11) is 0. The Hall–Kier alpha value is -2.29. The molecular formula is C17H15BrN4O2S. The van der Waals surface area contributed by atoms with E-state index >= 15 is 0 Å². The minimum Gasteiger partial charge on any atom is -0.395 e. The Kier molecular flexibility index (Phi) is 5.75. The van der Waals surface area contributed by atoms with Gasteiger partial charge in [0.25, 0.3) is 5.91 Å². The summed E-state index contributed by atoms with van der Waals surface area (Å²) >= 11 is 5.04. The second-order valence-electron chi connectivity index (χ2n) is 5.05. The summed E-state index contributed by atoms with van der Waals surface area (Å²) in [5.74, 6) is 0.214. The smallest absolute Gasteiger partial charge is 0.251 e. The van der Waals surface area contributed by atoms with Crippen LogP contribution < -0.4 is 10.6 Å². The van der Waals surface area contributed by atoms with Crippen LogP contribution in [0.5, 0.6) is 0 Å². The van der Waals surface area contributed by atoms with Crippen LogP contribution in [0.25, 0.3) is 10.6 Å². The Balaban J connectivity index is 1.77. The molecule has 3 rings (SSSR count). The molecule has 1 amide bonds. The summed E-state index contributed by atoms with van der Waals surface area (Å²) in [5, 5.41) is 14.5. The highest BCUT2D eigenvalue weighted by Crippen LogP contribution is 2.30. The van der Waals surface area contributed by atoms with Crippen molar-refractivity contribution < 1.29 is 9.90 Å². The van der Waals surface area contributed by atoms with Gasteiger partial charge in [0.15, 0.2) is 0 Å². The second-order valence-corrected chi connectivity index (χ2v) is 7.52. The molecule has 0 fully saturated rings. The van der Waals surface area contributed by atoms with Crippen molar-refractivity contribution >= 4 is 44.8 Å². The van der Waals surface area contributed by atoms with Crippen molar-refractivity contribution in [1.29, 1.82) is 0 Å². The van der Waals surface area contributed by atoms with Gasteiger partial charge in [-0.3, -0.25) is 4.79 Å². The van der Waals surface area contributed by atoms with Crippen molar-refractivity contribution in [1.82, 2.24) is 15.3 Å². The number of aliphatic hydroxyl groups is 1. The molecule has 3 aromatic rings. The summed E-state index contributed by atoms with van der Waals surface area (Å²) in [5.41, 5.74) is 2.03. The molecular weight excluding hydrogens is 404 g/mol. The van der Waals surface area contributed by atoms with E-state index in [9.17, 15) is 4.79 Å². The lowest BCUT2D eigenvalue weighted by Crippen LogP contribution is -2.26. The number of thiophene rings is 1. The number of anilines is 2. The largest absolute Gasteiger partial charge is 0.395 e. The fraction of sp³-hybridized carbons (Fsp3) is 0.118. The Morgan fingerprint density at radius 3 is 2.88 bits per heavy atom. The first-order valence-corrected chi connectivity index (χ1v) is 9.11. The maximum absolute atomic E-state index is 12.0. The number of nitrogens with one attached hydrogen (secondary N) is 2. The van der Waals surface area contributed by atoms with Crippen LogP contribution in [0, 0.1) is 0 Å². The first kappa shape index (κ1) is 17.5. The van der Waals surface area contributed by atoms with Crippen LogP contribution in [-0.2, 0) is 0 Å². The molecule has 0 bridgehead atoms. The molecule has 25 heavy (non-hydrogen) atoms. The Labute approximate surface area is 157 Å². The van der Waals surface area contributed by atoms with Gasteiger partial charge in [-0.2, -0.15) is 0 Å². The van der Waals surface area contributed by atoms with Crippen LogP contribution >= 0.6 is 27.3 Å². The summed E-state index contributed by atoms with van der Waals surface area (Å²) in [6.45, 7) is 0.126. The molecule has 0 aliphatic carbocycles. The van der Waals surface area contributed by atoms with E-state index in [2.05, 4.69) is 36.5 Å². The molecule has 0 aliphatic rings. The van der Waals surface area contributed by atoms with E-state index in [-0.39, 0.29) is 19.1 Å². The molecule has 3 N–H and O–H groups in total. The predicted molar refractivity (Wildman–Crippen MR) is 102 cm³/mol. The predicted octanol–water partition coefficient (Wildman–Crippen LogP) is 3.43. The van der Waals surface area contributed by atoms with Crippen LogP contribution in [0.1, 0.15) is 10.4 Å². The molecule has 0 radical (unpaired) electrons. The number of halogens is 1. The lowest BCUT2D eigenvalue weighted by molar-refractivity contribution is 0.0945. The van der Waals surface area contributed by atoms with Crippen molar-refractivity contribution in [2.24, 2.45) is 0 Å². The van der Waals surface area contributed by atoms with Crippen LogP contribution in [0.15, 0.2) is 52.4 Å². The van der Waals surface area contributed by atoms with Crippen molar-refractivity contribution in [3.8, 4) is 10.6 Å². The van der Waals surface area contributed by atoms with Gasteiger partial charge >= 0.3 is 0 Å². The first-order chi connectivity index (χ1) is 12.2. The van der Waals surface area contributed by atoms with Gasteiger partial charge in [0.2, 0.25) is 5.95 Å². The van der Waals surface area contributed by atoms with Gasteiger partial charge in [0.05, 0.1) is 21.0 Å². The van der Waals surface area contributed by atoms with Crippen molar-refractivity contribution in [3.05, 3.63) is 58.0 Å². The minimum absolute atomic E-state index is 0.0941. The molecule has 6 nitrogen and oxygen atoms in total. The Bertz CT molecular complexity index is 884. The number of carbonyl (C=O) groups is 1. The highest BCUT2D eigenvalue weighted by molar-refractivity contribution is 9.11. The number of hydrogen-bond acceptors (Lipinski definition) is 6. The fourth-order valence-electron chi connectivity index (χ4n) is 2.15. The number of hydrogen-bond donors (Lipinski definition) is 3. The topological polar surface area (TPSA) is 87.1 Å². The van der Waals surface area contributed by atoms with E-state index in [0.717, 1.165) is 14.4 Å². The molecule has 128 valence electrons. The quantitative estimate of drug-likeness (QED) is 0.570. The van der Waals surface area contributed by atoms with E-state index in [4.69, 9.17) is 5.11 Å². The van der Waals surface area contributed by atoms with Crippen molar-refractivity contribution in [3.63, 3.8) is 0 Å². The summed E-state index contributed by atoms with van der Waals surface area (Å²) < 4.78 is 1.04. The highest BCUT2D eigenvalue weighted by Gasteiger charge is 2.08. The zero-order chi connectivity index (χ0) is 17.6.